The molecule has 1 saturated carbocycles. The molecule has 5 rings (SSSR count). The molecule has 36 heavy (non-hydrogen) atoms. The van der Waals surface area contributed by atoms with Crippen molar-refractivity contribution in [3.63, 3.8) is 0 Å². The number of aromatic nitrogens is 3. The van der Waals surface area contributed by atoms with Gasteiger partial charge >= 0.3 is 6.18 Å². The molecule has 0 bridgehead atoms. The quantitative estimate of drug-likeness (QED) is 0.278. The van der Waals surface area contributed by atoms with E-state index in [9.17, 15) is 13.2 Å². The third-order valence-electron chi connectivity index (χ3n) is 6.20. The first kappa shape index (κ1) is 25.2. The zero-order valence-corrected chi connectivity index (χ0v) is 20.3. The van der Waals surface area contributed by atoms with Crippen molar-refractivity contribution < 1.29 is 13.2 Å². The maximum absolute atomic E-state index is 13.5. The summed E-state index contributed by atoms with van der Waals surface area (Å²) in [6.45, 7) is 3.98. The van der Waals surface area contributed by atoms with Gasteiger partial charge in [0.1, 0.15) is 23.8 Å². The van der Waals surface area contributed by atoms with Gasteiger partial charge in [0, 0.05) is 44.2 Å². The van der Waals surface area contributed by atoms with E-state index in [2.05, 4.69) is 16.8 Å². The summed E-state index contributed by atoms with van der Waals surface area (Å²) in [5.74, 6) is 6.84. The number of nitrogens with zero attached hydrogens (tertiary/aromatic N) is 6. The molecule has 2 aromatic rings. The summed E-state index contributed by atoms with van der Waals surface area (Å²) in [5.41, 5.74) is 1.07. The molecule has 3 aliphatic rings. The van der Waals surface area contributed by atoms with Crippen molar-refractivity contribution in [2.75, 3.05) is 11.9 Å². The standard InChI is InChI=1S/C21H21F3N8.C4H8/c1-13-31-6-4-5-17(21(22,23)24)18(31)11-32(13)16-8-14(9-19-28-27-12-29(19)2)7-15(10-16)20(25)30(3)26;1-2-4-3-1/h4-8,10-12,25H,1,9,26H2,2-3H3;1-4H2. The number of halogens is 3. The minimum absolute atomic E-state index is 0.0173. The number of anilines is 1. The Labute approximate surface area is 208 Å². The lowest BCUT2D eigenvalue weighted by Gasteiger charge is -2.26. The number of allylic oxidation sites excluding steroid dienone is 3. The van der Waals surface area contributed by atoms with Crippen LogP contribution in [0.25, 0.3) is 0 Å². The van der Waals surface area contributed by atoms with Crippen LogP contribution in [0.5, 0.6) is 0 Å². The van der Waals surface area contributed by atoms with Crippen LogP contribution in [-0.2, 0) is 13.5 Å². The van der Waals surface area contributed by atoms with Crippen LogP contribution >= 0.6 is 0 Å². The number of fused-ring (bicyclic) bond motifs is 1. The van der Waals surface area contributed by atoms with Gasteiger partial charge in [-0.15, -0.1) is 10.2 Å². The van der Waals surface area contributed by atoms with Crippen molar-refractivity contribution in [2.45, 2.75) is 38.3 Å². The molecular formula is C25H29F3N8. The second kappa shape index (κ2) is 10.0. The largest absolute Gasteiger partial charge is 0.418 e. The number of alkyl halides is 3. The minimum atomic E-state index is -4.51. The van der Waals surface area contributed by atoms with E-state index >= 15 is 0 Å². The van der Waals surface area contributed by atoms with E-state index in [1.807, 2.05) is 13.1 Å². The maximum atomic E-state index is 13.5. The predicted molar refractivity (Wildman–Crippen MR) is 132 cm³/mol. The topological polar surface area (TPSA) is 90.3 Å². The number of amidine groups is 1. The normalized spacial score (nSPS) is 16.6. The van der Waals surface area contributed by atoms with E-state index in [1.165, 1.54) is 54.1 Å². The Bertz CT molecular complexity index is 1240. The van der Waals surface area contributed by atoms with Gasteiger partial charge in [-0.2, -0.15) is 13.2 Å². The van der Waals surface area contributed by atoms with Gasteiger partial charge < -0.3 is 14.4 Å². The SMILES string of the molecule is C1CCC1.C=C1N2C=CC=C(C(F)(F)F)C2=CN1c1cc(Cc2nncn2C)cc(C(=N)N(C)N)c1. The molecule has 1 aromatic heterocycles. The van der Waals surface area contributed by atoms with Crippen molar-refractivity contribution in [3.05, 3.63) is 89.7 Å². The maximum Gasteiger partial charge on any atom is 0.418 e. The van der Waals surface area contributed by atoms with Gasteiger partial charge in [0.2, 0.25) is 0 Å². The fourth-order valence-electron chi connectivity index (χ4n) is 3.81. The van der Waals surface area contributed by atoms with Crippen LogP contribution in [0.2, 0.25) is 0 Å². The summed E-state index contributed by atoms with van der Waals surface area (Å²) >= 11 is 0. The zero-order valence-electron chi connectivity index (χ0n) is 20.3. The highest BCUT2D eigenvalue weighted by molar-refractivity contribution is 5.97. The van der Waals surface area contributed by atoms with Crippen LogP contribution in [0, 0.1) is 5.41 Å². The second-order valence-corrected chi connectivity index (χ2v) is 8.89. The molecule has 8 nitrogen and oxygen atoms in total. The van der Waals surface area contributed by atoms with Crippen LogP contribution in [0.3, 0.4) is 0 Å². The van der Waals surface area contributed by atoms with Crippen molar-refractivity contribution in [2.24, 2.45) is 12.9 Å². The Kier molecular flexibility index (Phi) is 7.02. The van der Waals surface area contributed by atoms with E-state index in [1.54, 1.807) is 35.0 Å². The molecule has 0 radical (unpaired) electrons. The molecule has 0 amide bonds. The number of hydrogen-bond acceptors (Lipinski definition) is 6. The monoisotopic (exact) mass is 498 g/mol. The lowest BCUT2D eigenvalue weighted by molar-refractivity contribution is -0.0908. The van der Waals surface area contributed by atoms with Crippen molar-refractivity contribution in [3.8, 4) is 0 Å². The molecule has 3 heterocycles. The third kappa shape index (κ3) is 5.20. The number of hydrogen-bond donors (Lipinski definition) is 2. The highest BCUT2D eigenvalue weighted by atomic mass is 19.4. The molecule has 11 heteroatoms. The Morgan fingerprint density at radius 3 is 2.42 bits per heavy atom. The molecule has 1 fully saturated rings. The number of nitrogens with two attached hydrogens (primary N) is 1. The molecule has 1 aromatic carbocycles. The Morgan fingerprint density at radius 1 is 1.17 bits per heavy atom. The van der Waals surface area contributed by atoms with Gasteiger partial charge in [-0.05, 0) is 35.9 Å². The minimum Gasteiger partial charge on any atom is -0.320 e. The summed E-state index contributed by atoms with van der Waals surface area (Å²) in [6, 6.07) is 5.31. The van der Waals surface area contributed by atoms with Crippen molar-refractivity contribution in [1.29, 1.82) is 5.41 Å². The summed E-state index contributed by atoms with van der Waals surface area (Å²) in [4.78, 5) is 2.95. The lowest BCUT2D eigenvalue weighted by Crippen LogP contribution is -2.33. The van der Waals surface area contributed by atoms with Gasteiger partial charge in [-0.25, -0.2) is 5.84 Å². The van der Waals surface area contributed by atoms with Gasteiger partial charge in [0.05, 0.1) is 11.3 Å². The summed E-state index contributed by atoms with van der Waals surface area (Å²) < 4.78 is 42.4. The van der Waals surface area contributed by atoms with E-state index in [-0.39, 0.29) is 11.5 Å². The molecule has 0 spiro atoms. The average molecular weight is 499 g/mol. The Balaban J connectivity index is 0.000000692. The van der Waals surface area contributed by atoms with Crippen molar-refractivity contribution >= 4 is 11.5 Å². The fraction of sp³-hybridized carbons (Fsp3) is 0.320. The van der Waals surface area contributed by atoms with Crippen LogP contribution in [-0.4, -0.2) is 43.7 Å². The first-order chi connectivity index (χ1) is 17.1. The lowest BCUT2D eigenvalue weighted by atomic mass is 10.0. The number of nitrogens with one attached hydrogen (secondary N) is 1. The van der Waals surface area contributed by atoms with Crippen LogP contribution in [0.4, 0.5) is 18.9 Å². The van der Waals surface area contributed by atoms with E-state index in [0.29, 0.717) is 29.3 Å². The fourth-order valence-corrected chi connectivity index (χ4v) is 3.81. The van der Waals surface area contributed by atoms with E-state index < -0.39 is 11.7 Å². The van der Waals surface area contributed by atoms with E-state index in [0.717, 1.165) is 11.6 Å². The van der Waals surface area contributed by atoms with Crippen LogP contribution in [0.1, 0.15) is 42.6 Å². The number of aryl methyl sites for hydroxylation is 1. The zero-order chi connectivity index (χ0) is 26.0. The second-order valence-electron chi connectivity index (χ2n) is 8.89. The summed E-state index contributed by atoms with van der Waals surface area (Å²) in [5, 5.41) is 17.4. The number of rotatable bonds is 4. The summed E-state index contributed by atoms with van der Waals surface area (Å²) in [7, 11) is 3.36. The highest BCUT2D eigenvalue weighted by Crippen LogP contribution is 2.42. The number of benzene rings is 1. The van der Waals surface area contributed by atoms with Gasteiger partial charge in [0.25, 0.3) is 0 Å². The first-order valence-corrected chi connectivity index (χ1v) is 11.6. The number of hydrazine groups is 1. The summed E-state index contributed by atoms with van der Waals surface area (Å²) in [6.07, 6.45) is 8.78. The average Bonchev–Trinajstić information content (AvgIpc) is 3.33. The smallest absolute Gasteiger partial charge is 0.320 e. The van der Waals surface area contributed by atoms with Crippen LogP contribution in [0.15, 0.2) is 72.7 Å². The first-order valence-electron chi connectivity index (χ1n) is 11.6. The molecule has 190 valence electrons. The van der Waals surface area contributed by atoms with Crippen molar-refractivity contribution in [1.82, 2.24) is 24.7 Å². The van der Waals surface area contributed by atoms with Gasteiger partial charge in [-0.1, -0.05) is 32.3 Å². The Morgan fingerprint density at radius 2 is 1.86 bits per heavy atom. The van der Waals surface area contributed by atoms with Gasteiger partial charge in [0.15, 0.2) is 0 Å². The van der Waals surface area contributed by atoms with Crippen LogP contribution < -0.4 is 10.7 Å². The molecule has 1 aliphatic carbocycles. The predicted octanol–water partition coefficient (Wildman–Crippen LogP) is 4.55. The van der Waals surface area contributed by atoms with Gasteiger partial charge in [-0.3, -0.25) is 10.4 Å². The Hall–Kier alpha value is -3.86. The van der Waals surface area contributed by atoms with E-state index in [4.69, 9.17) is 11.3 Å². The third-order valence-corrected chi connectivity index (χ3v) is 6.20. The molecule has 0 saturated heterocycles. The molecule has 0 atom stereocenters. The molecular weight excluding hydrogens is 469 g/mol. The molecule has 0 unspecified atom stereocenters. The molecule has 2 aliphatic heterocycles. The highest BCUT2D eigenvalue weighted by Gasteiger charge is 2.42. The molecule has 3 N–H and O–H groups in total.